The number of aliphatic carboxylic acids is 1. The number of hydrogen-bond donors (Lipinski definition) is 32. The van der Waals surface area contributed by atoms with E-state index in [1.54, 1.807) is 88.5 Å². The number of carboxylic acid groups (broad SMARTS) is 1. The summed E-state index contributed by atoms with van der Waals surface area (Å²) in [6.07, 6.45) is -2.43. The number of nitrogens with zero attached hydrogens (tertiary/aromatic N) is 3. The summed E-state index contributed by atoms with van der Waals surface area (Å²) in [4.78, 5) is 273. The molecule has 1 aromatic heterocycles. The molecular formula is C91H146N34O19S3. The van der Waals surface area contributed by atoms with Crippen molar-refractivity contribution in [3.63, 3.8) is 0 Å². The number of nitrogens with two attached hydrogens (primary N) is 7. The molecule has 56 heteroatoms. The van der Waals surface area contributed by atoms with Crippen LogP contribution in [0.4, 0.5) is 0 Å². The molecule has 53 nitrogen and oxygen atoms in total. The molecule has 2 aromatic carbocycles. The van der Waals surface area contributed by atoms with Crippen molar-refractivity contribution in [3.05, 3.63) is 71.9 Å². The van der Waals surface area contributed by atoms with Gasteiger partial charge in [-0.05, 0) is 119 Å². The minimum absolute atomic E-state index is 0.00170. The Labute approximate surface area is 864 Å². The van der Waals surface area contributed by atoms with Gasteiger partial charge in [0, 0.05) is 123 Å². The zero-order valence-electron chi connectivity index (χ0n) is 83.2. The Hall–Kier alpha value is -14.2. The zero-order valence-corrected chi connectivity index (χ0v) is 85.7. The molecule has 3 aromatic rings. The third-order valence-electron chi connectivity index (χ3n) is 23.4. The Bertz CT molecular complexity index is 5060. The second-order valence-corrected chi connectivity index (χ2v) is 40.0. The maximum absolute atomic E-state index is 15.4. The molecule has 0 radical (unpaired) electrons. The van der Waals surface area contributed by atoms with E-state index in [4.69, 9.17) is 67.2 Å². The molecular weight excluding hydrogens is 1970 g/mol. The van der Waals surface area contributed by atoms with Crippen molar-refractivity contribution >= 4 is 182 Å². The standard InChI is InChI=1S/C91H146N34O19S3/c1-49(2)38-62-80(137)110-51(5)73(130)120-66-43-145-35-27-70(127)123-46-124(71(128)28-36-146-44-67(121-74(131)55(92)19-11-30-104-87(94)95)85(142)118-64(40-52-16-7-6-8-17-52)82(139)112-58(76(133)116-62)22-13-32-106-89(98)99)48-125(47-123)72(129)29-37-147-45-68(84(141)114-59(23-14-33-107-90(100)101)77(134)119-65(86(143)144)41-53-42-109-56-20-10-9-18-54(53)56)122-78(135)60(24-15-34-108-91(102)103)111-81(138)63(39-50(3)4)117-79(136)61(25-26-69(93)126)115-75(132)57(113-83(66)140)21-12-31-105-88(96)97/h6-10,16-18,20,42,49-51,55,57-68,109H,11-15,19,21-41,43-48,92H2,1-5H3,(H2,93,126)(H,110,137)(H,111,138)(H,112,139)(H,113,140)(H,114,141)(H,115,132)(H,116,133)(H,117,136)(H,118,142)(H,119,134)(H,120,130)(H,121,131)(H,122,135)(H,143,144)(H4,94,95,104)(H4,96,97,105)(H4,98,99,106)(H4,100,101,107)(H4,102,103,108)/t51-,55-,57-,58-,59-,60-,61-,62-,63-,64-,65-,66-,67-,68-/m0/s1. The monoisotopic (exact) mass is 2120 g/mol. The smallest absolute Gasteiger partial charge is 0.326 e. The van der Waals surface area contributed by atoms with E-state index < -0.39 is 278 Å². The van der Waals surface area contributed by atoms with Crippen LogP contribution in [0.1, 0.15) is 155 Å². The predicted molar refractivity (Wildman–Crippen MR) is 553 cm³/mol. The minimum atomic E-state index is -1.78. The van der Waals surface area contributed by atoms with E-state index >= 15 is 43.2 Å². The van der Waals surface area contributed by atoms with Crippen LogP contribution < -0.4 is 136 Å². The number of thioether (sulfide) groups is 3. The highest BCUT2D eigenvalue weighted by Gasteiger charge is 2.41. The summed E-state index contributed by atoms with van der Waals surface area (Å²) in [5, 5.41) is 97.7. The number of amides is 17. The largest absolute Gasteiger partial charge is 0.480 e. The van der Waals surface area contributed by atoms with Crippen LogP contribution >= 0.6 is 35.3 Å². The van der Waals surface area contributed by atoms with E-state index in [1.807, 2.05) is 0 Å². The first-order valence-corrected chi connectivity index (χ1v) is 52.0. The van der Waals surface area contributed by atoms with E-state index in [2.05, 4.69) is 101 Å². The number of rotatable bonds is 38. The molecule has 3 aliphatic heterocycles. The molecule has 0 saturated carbocycles. The number of H-pyrrole nitrogens is 1. The number of para-hydroxylation sites is 1. The van der Waals surface area contributed by atoms with Crippen LogP contribution in [0.5, 0.6) is 0 Å². The van der Waals surface area contributed by atoms with Crippen molar-refractivity contribution in [2.75, 3.05) is 87.2 Å². The third-order valence-corrected chi connectivity index (χ3v) is 26.6. The first kappa shape index (κ1) is 121. The van der Waals surface area contributed by atoms with Crippen molar-refractivity contribution in [1.82, 2.24) is 115 Å². The lowest BCUT2D eigenvalue weighted by molar-refractivity contribution is -0.158. The first-order valence-electron chi connectivity index (χ1n) is 48.5. The second kappa shape index (κ2) is 63.3. The fraction of sp³-hybridized carbons (Fsp3) is 0.593. The molecule has 6 rings (SSSR count). The van der Waals surface area contributed by atoms with Crippen molar-refractivity contribution < 1.29 is 91.4 Å². The molecule has 17 amide bonds. The Morgan fingerprint density at radius 2 is 0.850 bits per heavy atom. The SMILES string of the molecule is CC(C)C[C@@H]1NC(=O)[C@H](CCCNC(=N)N)NC(=O)[C@H](Cc2ccccc2)NC(=O)[C@@H](NC(=O)[C@@H](N)CCCNC(=N)N)CSCCC(=O)N2CN3CN(C2)C(=O)CCSC[C@@H](C(=O)N[C@@H](CCCNC(=N)N)C(=O)N[C@@H](Cc2c[nH]c4ccccc24)C(=O)O)NC(=O)[C@H](CCCNC(=N)N)NC(=O)[C@H](CC(C)C)NC(=O)[C@H](CCC(N)=O)NC(=O)[C@H](CCCNC(=N)N)NC(=O)[C@H](CSCCC3=O)NC(=O)[C@H](C)NC1=O. The minimum Gasteiger partial charge on any atom is -0.480 e. The van der Waals surface area contributed by atoms with Crippen LogP contribution in [-0.2, 0) is 99.1 Å². The maximum atomic E-state index is 15.4. The van der Waals surface area contributed by atoms with Gasteiger partial charge in [-0.2, -0.15) is 35.3 Å². The number of carbonyl (C=O) groups is 18. The van der Waals surface area contributed by atoms with Gasteiger partial charge in [0.1, 0.15) is 78.5 Å². The normalized spacial score (nSPS) is 22.0. The molecule has 4 heterocycles. The van der Waals surface area contributed by atoms with Crippen LogP contribution in [-0.4, -0.2) is 333 Å². The van der Waals surface area contributed by atoms with Gasteiger partial charge in [-0.25, -0.2) is 4.79 Å². The quantitative estimate of drug-likeness (QED) is 0.0144. The van der Waals surface area contributed by atoms with Gasteiger partial charge in [-0.15, -0.1) is 0 Å². The van der Waals surface area contributed by atoms with Gasteiger partial charge < -0.3 is 161 Å². The summed E-state index contributed by atoms with van der Waals surface area (Å²) in [7, 11) is 0. The molecule has 812 valence electrons. The summed E-state index contributed by atoms with van der Waals surface area (Å²) in [5.74, 6) is -22.3. The zero-order chi connectivity index (χ0) is 109. The molecule has 3 aliphatic rings. The third kappa shape index (κ3) is 44.7. The van der Waals surface area contributed by atoms with E-state index in [1.165, 1.54) is 21.6 Å². The molecule has 39 N–H and O–H groups in total. The summed E-state index contributed by atoms with van der Waals surface area (Å²) < 4.78 is 0. The van der Waals surface area contributed by atoms with Crippen LogP contribution in [0.2, 0.25) is 0 Å². The molecule has 3 fully saturated rings. The van der Waals surface area contributed by atoms with Crippen molar-refractivity contribution in [3.8, 4) is 0 Å². The summed E-state index contributed by atoms with van der Waals surface area (Å²) in [6, 6.07) is -7.04. The number of hydrogen-bond acceptors (Lipinski definition) is 27. The van der Waals surface area contributed by atoms with Crippen LogP contribution in [0.25, 0.3) is 10.9 Å². The summed E-state index contributed by atoms with van der Waals surface area (Å²) in [5.41, 5.74) is 41.8. The lowest BCUT2D eigenvalue weighted by Crippen LogP contribution is -2.61. The van der Waals surface area contributed by atoms with E-state index in [0.29, 0.717) is 22.0 Å². The number of aromatic amines is 1. The van der Waals surface area contributed by atoms with Gasteiger partial charge in [0.2, 0.25) is 100 Å². The van der Waals surface area contributed by atoms with E-state index in [9.17, 15) is 48.3 Å². The highest BCUT2D eigenvalue weighted by molar-refractivity contribution is 7.99. The Balaban J connectivity index is 1.53. The van der Waals surface area contributed by atoms with Gasteiger partial charge in [0.15, 0.2) is 29.8 Å². The van der Waals surface area contributed by atoms with E-state index in [-0.39, 0.29) is 164 Å². The first-order chi connectivity index (χ1) is 69.7. The number of carboxylic acids is 1. The highest BCUT2D eigenvalue weighted by atomic mass is 32.2. The average Bonchev–Trinajstić information content (AvgIpc) is 1.68. The van der Waals surface area contributed by atoms with Crippen molar-refractivity contribution in [1.29, 1.82) is 27.0 Å². The summed E-state index contributed by atoms with van der Waals surface area (Å²) in [6.45, 7) is 6.60. The Morgan fingerprint density at radius 1 is 0.442 bits per heavy atom. The fourth-order valence-electron chi connectivity index (χ4n) is 15.6. The Morgan fingerprint density at radius 3 is 1.33 bits per heavy atom. The number of primary amides is 1. The van der Waals surface area contributed by atoms with Crippen LogP contribution in [0.15, 0.2) is 60.8 Å². The fourth-order valence-corrected chi connectivity index (χ4v) is 18.5. The van der Waals surface area contributed by atoms with Crippen LogP contribution in [0.3, 0.4) is 0 Å². The van der Waals surface area contributed by atoms with Crippen molar-refractivity contribution in [2.24, 2.45) is 52.0 Å². The molecule has 0 unspecified atom stereocenters. The highest BCUT2D eigenvalue weighted by Crippen LogP contribution is 2.23. The van der Waals surface area contributed by atoms with Gasteiger partial charge in [-0.1, -0.05) is 76.2 Å². The predicted octanol–water partition coefficient (Wildman–Crippen LogP) is -6.87. The second-order valence-electron chi connectivity index (χ2n) is 36.5. The number of aromatic nitrogens is 1. The number of fused-ring (bicyclic) bond motifs is 8. The average molecular weight is 2120 g/mol. The van der Waals surface area contributed by atoms with Gasteiger partial charge >= 0.3 is 5.97 Å². The maximum Gasteiger partial charge on any atom is 0.326 e. The van der Waals surface area contributed by atoms with Crippen molar-refractivity contribution in [2.45, 2.75) is 241 Å². The van der Waals surface area contributed by atoms with Gasteiger partial charge in [0.25, 0.3) is 0 Å². The molecule has 0 spiro atoms. The van der Waals surface area contributed by atoms with Crippen LogP contribution in [0, 0.1) is 38.9 Å². The van der Waals surface area contributed by atoms with Gasteiger partial charge in [-0.3, -0.25) is 109 Å². The molecule has 3 saturated heterocycles. The number of nitrogens with one attached hydrogen (secondary N) is 24. The molecule has 147 heavy (non-hydrogen) atoms. The number of guanidine groups is 5. The Kier molecular flexibility index (Phi) is 52.3. The number of carbonyl (C=O) groups excluding carboxylic acids is 17. The topological polar surface area (TPSA) is 871 Å². The molecule has 14 atom stereocenters. The van der Waals surface area contributed by atoms with Gasteiger partial charge in [0.05, 0.1) is 26.0 Å². The molecule has 0 aliphatic carbocycles. The lowest BCUT2D eigenvalue weighted by atomic mass is 10.0. The molecule has 4 bridgehead atoms. The summed E-state index contributed by atoms with van der Waals surface area (Å²) >= 11 is 2.82. The lowest BCUT2D eigenvalue weighted by Gasteiger charge is -2.42. The van der Waals surface area contributed by atoms with E-state index in [0.717, 1.165) is 35.3 Å². The number of benzene rings is 2.